The van der Waals surface area contributed by atoms with Crippen molar-refractivity contribution in [3.8, 4) is 0 Å². The molecule has 1 N–H and O–H groups in total. The summed E-state index contributed by atoms with van der Waals surface area (Å²) in [5.74, 6) is -0.791. The first-order valence-electron chi connectivity index (χ1n) is 8.74. The molecule has 0 unspecified atom stereocenters. The Morgan fingerprint density at radius 3 is 2.34 bits per heavy atom. The molecular formula is C19H18ClF3N2O3S. The third-order valence-electron chi connectivity index (χ3n) is 4.63. The summed E-state index contributed by atoms with van der Waals surface area (Å²) in [7, 11) is -3.59. The lowest BCUT2D eigenvalue weighted by Crippen LogP contribution is -2.22. The Morgan fingerprint density at radius 2 is 1.76 bits per heavy atom. The van der Waals surface area contributed by atoms with Crippen LogP contribution in [0.25, 0.3) is 0 Å². The predicted octanol–water partition coefficient (Wildman–Crippen LogP) is 4.61. The second kappa shape index (κ2) is 7.87. The number of benzene rings is 2. The lowest BCUT2D eigenvalue weighted by molar-refractivity contribution is -0.137. The maximum Gasteiger partial charge on any atom is 0.416 e. The number of hydrogen-bond donors (Lipinski definition) is 1. The Hall–Kier alpha value is -2.26. The van der Waals surface area contributed by atoms with E-state index in [2.05, 4.69) is 5.32 Å². The Kier molecular flexibility index (Phi) is 5.82. The standard InChI is InChI=1S/C19H18ClF3N2O3S/c1-29(27,28)13-5-6-15(20)14(11-13)18(26)24-16-10-12(19(21,22)23)4-7-17(16)25-8-2-3-9-25/h4-7,10-11H,2-3,8-9H2,1H3,(H,24,26). The molecule has 0 aromatic heterocycles. The number of sulfone groups is 1. The summed E-state index contributed by atoms with van der Waals surface area (Å²) in [5.41, 5.74) is -0.571. The van der Waals surface area contributed by atoms with Gasteiger partial charge in [0.1, 0.15) is 0 Å². The molecular weight excluding hydrogens is 429 g/mol. The van der Waals surface area contributed by atoms with Gasteiger partial charge in [0.25, 0.3) is 5.91 Å². The van der Waals surface area contributed by atoms with E-state index in [1.54, 1.807) is 0 Å². The van der Waals surface area contributed by atoms with Gasteiger partial charge in [-0.1, -0.05) is 11.6 Å². The Morgan fingerprint density at radius 1 is 1.10 bits per heavy atom. The highest BCUT2D eigenvalue weighted by molar-refractivity contribution is 7.90. The predicted molar refractivity (Wildman–Crippen MR) is 105 cm³/mol. The van der Waals surface area contributed by atoms with E-state index in [0.29, 0.717) is 18.8 Å². The molecule has 156 valence electrons. The summed E-state index contributed by atoms with van der Waals surface area (Å²) >= 11 is 6.03. The molecule has 3 rings (SSSR count). The molecule has 0 radical (unpaired) electrons. The molecule has 5 nitrogen and oxygen atoms in total. The second-order valence-electron chi connectivity index (χ2n) is 6.79. The van der Waals surface area contributed by atoms with Gasteiger partial charge in [-0.25, -0.2) is 8.42 Å². The molecule has 1 amide bonds. The summed E-state index contributed by atoms with van der Waals surface area (Å²) in [6.45, 7) is 1.33. The van der Waals surface area contributed by atoms with Crippen LogP contribution in [0.1, 0.15) is 28.8 Å². The number of amides is 1. The van der Waals surface area contributed by atoms with Gasteiger partial charge in [0, 0.05) is 19.3 Å². The van der Waals surface area contributed by atoms with Crippen molar-refractivity contribution in [3.63, 3.8) is 0 Å². The Bertz CT molecular complexity index is 1050. The summed E-state index contributed by atoms with van der Waals surface area (Å²) in [4.78, 5) is 14.5. The van der Waals surface area contributed by atoms with Gasteiger partial charge in [0.2, 0.25) is 0 Å². The lowest BCUT2D eigenvalue weighted by atomic mass is 10.1. The van der Waals surface area contributed by atoms with Crippen molar-refractivity contribution in [1.82, 2.24) is 0 Å². The van der Waals surface area contributed by atoms with Gasteiger partial charge >= 0.3 is 6.18 Å². The topological polar surface area (TPSA) is 66.5 Å². The number of carbonyl (C=O) groups excluding carboxylic acids is 1. The van der Waals surface area contributed by atoms with Crippen molar-refractivity contribution >= 4 is 38.7 Å². The molecule has 0 aliphatic carbocycles. The molecule has 1 aliphatic rings. The van der Waals surface area contributed by atoms with Gasteiger partial charge < -0.3 is 10.2 Å². The minimum Gasteiger partial charge on any atom is -0.370 e. The number of hydrogen-bond acceptors (Lipinski definition) is 4. The average molecular weight is 447 g/mol. The second-order valence-corrected chi connectivity index (χ2v) is 9.21. The van der Waals surface area contributed by atoms with E-state index in [1.165, 1.54) is 18.2 Å². The van der Waals surface area contributed by atoms with Crippen molar-refractivity contribution in [2.24, 2.45) is 0 Å². The summed E-state index contributed by atoms with van der Waals surface area (Å²) < 4.78 is 63.0. The fourth-order valence-electron chi connectivity index (χ4n) is 3.14. The molecule has 0 bridgehead atoms. The van der Waals surface area contributed by atoms with Crippen molar-refractivity contribution < 1.29 is 26.4 Å². The maximum atomic E-state index is 13.2. The fraction of sp³-hybridized carbons (Fsp3) is 0.316. The molecule has 1 saturated heterocycles. The van der Waals surface area contributed by atoms with Crippen molar-refractivity contribution in [1.29, 1.82) is 0 Å². The number of rotatable bonds is 4. The van der Waals surface area contributed by atoms with Gasteiger partial charge in [-0.2, -0.15) is 13.2 Å². The van der Waals surface area contributed by atoms with Gasteiger partial charge in [-0.15, -0.1) is 0 Å². The minimum atomic E-state index is -4.57. The van der Waals surface area contributed by atoms with Gasteiger partial charge in [0.05, 0.1) is 32.4 Å². The molecule has 0 saturated carbocycles. The highest BCUT2D eigenvalue weighted by Gasteiger charge is 2.32. The van der Waals surface area contributed by atoms with Crippen LogP contribution in [0.3, 0.4) is 0 Å². The SMILES string of the molecule is CS(=O)(=O)c1ccc(Cl)c(C(=O)Nc2cc(C(F)(F)F)ccc2N2CCCC2)c1. The zero-order chi connectivity index (χ0) is 21.4. The first kappa shape index (κ1) is 21.4. The van der Waals surface area contributed by atoms with Crippen LogP contribution in [0.15, 0.2) is 41.3 Å². The maximum absolute atomic E-state index is 13.2. The van der Waals surface area contributed by atoms with Crippen molar-refractivity contribution in [3.05, 3.63) is 52.5 Å². The Labute approximate surface area is 171 Å². The van der Waals surface area contributed by atoms with Crippen molar-refractivity contribution in [2.75, 3.05) is 29.6 Å². The van der Waals surface area contributed by atoms with Crippen LogP contribution in [-0.4, -0.2) is 33.7 Å². The number of carbonyl (C=O) groups is 1. The van der Waals surface area contributed by atoms with Crippen LogP contribution >= 0.6 is 11.6 Å². The van der Waals surface area contributed by atoms with Gasteiger partial charge in [-0.3, -0.25) is 4.79 Å². The highest BCUT2D eigenvalue weighted by atomic mass is 35.5. The third kappa shape index (κ3) is 4.84. The number of anilines is 2. The van der Waals surface area contributed by atoms with E-state index >= 15 is 0 Å². The minimum absolute atomic E-state index is 0.00690. The van der Waals surface area contributed by atoms with Crippen LogP contribution in [-0.2, 0) is 16.0 Å². The van der Waals surface area contributed by atoms with Gasteiger partial charge in [0.15, 0.2) is 9.84 Å². The molecule has 1 aliphatic heterocycles. The summed E-state index contributed by atoms with van der Waals surface area (Å²) in [6, 6.07) is 6.81. The molecule has 29 heavy (non-hydrogen) atoms. The average Bonchev–Trinajstić information content (AvgIpc) is 3.14. The largest absolute Gasteiger partial charge is 0.416 e. The zero-order valence-electron chi connectivity index (χ0n) is 15.4. The highest BCUT2D eigenvalue weighted by Crippen LogP contribution is 2.37. The zero-order valence-corrected chi connectivity index (χ0v) is 17.0. The van der Waals surface area contributed by atoms with Crippen LogP contribution in [0.5, 0.6) is 0 Å². The monoisotopic (exact) mass is 446 g/mol. The van der Waals surface area contributed by atoms with Crippen LogP contribution in [0.4, 0.5) is 24.5 Å². The van der Waals surface area contributed by atoms with E-state index in [4.69, 9.17) is 11.6 Å². The molecule has 2 aromatic carbocycles. The molecule has 0 atom stereocenters. The van der Waals surface area contributed by atoms with Crippen molar-refractivity contribution in [2.45, 2.75) is 23.9 Å². The molecule has 1 heterocycles. The molecule has 10 heteroatoms. The number of nitrogens with zero attached hydrogens (tertiary/aromatic N) is 1. The first-order chi connectivity index (χ1) is 13.5. The van der Waals surface area contributed by atoms with Gasteiger partial charge in [-0.05, 0) is 49.2 Å². The smallest absolute Gasteiger partial charge is 0.370 e. The molecule has 1 fully saturated rings. The summed E-state index contributed by atoms with van der Waals surface area (Å²) in [6.07, 6.45) is -1.79. The number of nitrogens with one attached hydrogen (secondary N) is 1. The van der Waals surface area contributed by atoms with Crippen LogP contribution < -0.4 is 10.2 Å². The van der Waals surface area contributed by atoms with E-state index in [9.17, 15) is 26.4 Å². The van der Waals surface area contributed by atoms with Crippen LogP contribution in [0, 0.1) is 0 Å². The van der Waals surface area contributed by atoms with E-state index in [0.717, 1.165) is 37.3 Å². The fourth-order valence-corrected chi connectivity index (χ4v) is 4.00. The lowest BCUT2D eigenvalue weighted by Gasteiger charge is -2.23. The molecule has 2 aromatic rings. The Balaban J connectivity index is 2.01. The van der Waals surface area contributed by atoms with Crippen LogP contribution in [0.2, 0.25) is 5.02 Å². The number of alkyl halides is 3. The normalized spacial score (nSPS) is 14.9. The number of halogens is 4. The van der Waals surface area contributed by atoms with E-state index in [-0.39, 0.29) is 21.2 Å². The van der Waals surface area contributed by atoms with E-state index < -0.39 is 27.5 Å². The van der Waals surface area contributed by atoms with E-state index in [1.807, 2.05) is 4.90 Å². The first-order valence-corrected chi connectivity index (χ1v) is 11.0. The quantitative estimate of drug-likeness (QED) is 0.744. The molecule has 0 spiro atoms. The summed E-state index contributed by atoms with van der Waals surface area (Å²) in [5, 5.41) is 2.47. The third-order valence-corrected chi connectivity index (χ3v) is 6.07.